The molecule has 0 aliphatic heterocycles. The van der Waals surface area contributed by atoms with Gasteiger partial charge in [-0.3, -0.25) is 0 Å². The molecule has 0 aromatic carbocycles. The lowest BCUT2D eigenvalue weighted by atomic mass is 10.2. The van der Waals surface area contributed by atoms with Gasteiger partial charge in [0.05, 0.1) is 0 Å². The molecule has 0 N–H and O–H groups in total. The van der Waals surface area contributed by atoms with Crippen molar-refractivity contribution in [2.24, 2.45) is 0 Å². The highest BCUT2D eigenvalue weighted by Gasteiger charge is 2.21. The number of aryl methyl sites for hydroxylation is 2. The first kappa shape index (κ1) is 12.6. The van der Waals surface area contributed by atoms with E-state index in [1.54, 1.807) is 0 Å². The monoisotopic (exact) mass is 226 g/mol. The molecule has 0 unspecified atom stereocenters. The predicted octanol–water partition coefficient (Wildman–Crippen LogP) is 2.33. The first-order valence-corrected chi connectivity index (χ1v) is 5.77. The Bertz CT molecular complexity index is 349. The molecule has 1 aromatic heterocycles. The number of hydrogen-bond donors (Lipinski definition) is 0. The number of aromatic nitrogens is 3. The van der Waals surface area contributed by atoms with Gasteiger partial charge in [0.2, 0.25) is 0 Å². The molecule has 0 atom stereocenters. The van der Waals surface area contributed by atoms with Crippen molar-refractivity contribution < 1.29 is 4.92 Å². The van der Waals surface area contributed by atoms with Crippen molar-refractivity contribution in [2.75, 3.05) is 0 Å². The van der Waals surface area contributed by atoms with Crippen molar-refractivity contribution in [3.8, 4) is 0 Å². The van der Waals surface area contributed by atoms with E-state index in [1.807, 2.05) is 6.92 Å². The van der Waals surface area contributed by atoms with E-state index in [2.05, 4.69) is 17.2 Å². The summed E-state index contributed by atoms with van der Waals surface area (Å²) in [6, 6.07) is 0. The third-order valence-corrected chi connectivity index (χ3v) is 2.51. The van der Waals surface area contributed by atoms with Crippen molar-refractivity contribution in [1.82, 2.24) is 15.0 Å². The molecule has 0 bridgehead atoms. The van der Waals surface area contributed by atoms with Crippen LogP contribution in [0, 0.1) is 10.1 Å². The lowest BCUT2D eigenvalue weighted by Gasteiger charge is -1.99. The summed E-state index contributed by atoms with van der Waals surface area (Å²) in [5.41, 5.74) is 0.473. The molecule has 0 aliphatic rings. The highest BCUT2D eigenvalue weighted by Crippen LogP contribution is 2.16. The Balaban J connectivity index is 2.65. The van der Waals surface area contributed by atoms with Crippen LogP contribution in [0.5, 0.6) is 0 Å². The Kier molecular flexibility index (Phi) is 4.88. The minimum absolute atomic E-state index is 0.0546. The van der Waals surface area contributed by atoms with Crippen LogP contribution in [0.15, 0.2) is 0 Å². The first-order valence-electron chi connectivity index (χ1n) is 5.77. The molecule has 0 saturated carbocycles. The van der Waals surface area contributed by atoms with Crippen LogP contribution >= 0.6 is 0 Å². The van der Waals surface area contributed by atoms with Crippen molar-refractivity contribution in [3.63, 3.8) is 0 Å². The van der Waals surface area contributed by atoms with E-state index in [-0.39, 0.29) is 5.82 Å². The molecule has 0 saturated heterocycles. The van der Waals surface area contributed by atoms with Gasteiger partial charge in [0.15, 0.2) is 5.69 Å². The summed E-state index contributed by atoms with van der Waals surface area (Å²) < 4.78 is 1.41. The summed E-state index contributed by atoms with van der Waals surface area (Å²) in [7, 11) is 0. The molecular formula is C10H18N4O2. The van der Waals surface area contributed by atoms with E-state index in [0.29, 0.717) is 18.7 Å². The molecular weight excluding hydrogens is 208 g/mol. The lowest BCUT2D eigenvalue weighted by molar-refractivity contribution is -0.393. The largest absolute Gasteiger partial charge is 0.368 e. The number of unbranched alkanes of at least 4 members (excludes halogenated alkanes) is 3. The third-order valence-electron chi connectivity index (χ3n) is 2.51. The minimum atomic E-state index is -0.390. The Morgan fingerprint density at radius 1 is 1.31 bits per heavy atom. The number of rotatable bonds is 7. The van der Waals surface area contributed by atoms with Gasteiger partial charge in [-0.25, -0.2) is 0 Å². The summed E-state index contributed by atoms with van der Waals surface area (Å²) in [4.78, 5) is 10.5. The average molecular weight is 226 g/mol. The summed E-state index contributed by atoms with van der Waals surface area (Å²) in [6.07, 6.45) is 4.85. The van der Waals surface area contributed by atoms with E-state index >= 15 is 0 Å². The molecule has 0 fully saturated rings. The normalized spacial score (nSPS) is 10.6. The number of nitrogens with zero attached hydrogens (tertiary/aromatic N) is 4. The highest BCUT2D eigenvalue weighted by atomic mass is 16.6. The Morgan fingerprint density at radius 2 is 2.06 bits per heavy atom. The van der Waals surface area contributed by atoms with Crippen LogP contribution in [0.2, 0.25) is 0 Å². The van der Waals surface area contributed by atoms with Gasteiger partial charge in [0.1, 0.15) is 6.54 Å². The molecule has 6 heteroatoms. The fraction of sp³-hybridized carbons (Fsp3) is 0.800. The second-order valence-corrected chi connectivity index (χ2v) is 3.75. The molecule has 0 amide bonds. The second kappa shape index (κ2) is 6.19. The summed E-state index contributed by atoms with van der Waals surface area (Å²) >= 11 is 0. The Labute approximate surface area is 94.8 Å². The SMILES string of the molecule is CCCCCCn1nnc(CC)c1[N+](=O)[O-]. The van der Waals surface area contributed by atoms with Crippen LogP contribution in [0.1, 0.15) is 45.2 Å². The molecule has 1 aromatic rings. The fourth-order valence-electron chi connectivity index (χ4n) is 1.61. The predicted molar refractivity (Wildman–Crippen MR) is 60.2 cm³/mol. The molecule has 6 nitrogen and oxygen atoms in total. The maximum Gasteiger partial charge on any atom is 0.368 e. The summed E-state index contributed by atoms with van der Waals surface area (Å²) in [6.45, 7) is 4.56. The average Bonchev–Trinajstić information content (AvgIpc) is 2.67. The van der Waals surface area contributed by atoms with Crippen LogP contribution in [-0.4, -0.2) is 19.9 Å². The maximum absolute atomic E-state index is 10.9. The molecule has 90 valence electrons. The molecule has 0 radical (unpaired) electrons. The molecule has 0 aliphatic carbocycles. The highest BCUT2D eigenvalue weighted by molar-refractivity contribution is 5.24. The maximum atomic E-state index is 10.9. The van der Waals surface area contributed by atoms with Crippen LogP contribution < -0.4 is 0 Å². The summed E-state index contributed by atoms with van der Waals surface area (Å²) in [5.74, 6) is 0.0546. The Morgan fingerprint density at radius 3 is 2.62 bits per heavy atom. The van der Waals surface area contributed by atoms with Crippen molar-refractivity contribution in [1.29, 1.82) is 0 Å². The standard InChI is InChI=1S/C10H18N4O2/c1-3-5-6-7-8-13-10(14(15)16)9(4-2)11-12-13/h3-8H2,1-2H3. The Hall–Kier alpha value is -1.46. The van der Waals surface area contributed by atoms with E-state index in [0.717, 1.165) is 25.7 Å². The van der Waals surface area contributed by atoms with Crippen LogP contribution in [0.25, 0.3) is 0 Å². The van der Waals surface area contributed by atoms with E-state index in [9.17, 15) is 10.1 Å². The van der Waals surface area contributed by atoms with Gasteiger partial charge in [-0.15, -0.1) is 9.78 Å². The van der Waals surface area contributed by atoms with Crippen LogP contribution in [0.4, 0.5) is 5.82 Å². The van der Waals surface area contributed by atoms with E-state index in [1.165, 1.54) is 4.68 Å². The molecule has 16 heavy (non-hydrogen) atoms. The number of hydrogen-bond acceptors (Lipinski definition) is 4. The van der Waals surface area contributed by atoms with Gasteiger partial charge < -0.3 is 10.1 Å². The fourth-order valence-corrected chi connectivity index (χ4v) is 1.61. The van der Waals surface area contributed by atoms with Gasteiger partial charge in [-0.1, -0.05) is 26.7 Å². The minimum Gasteiger partial charge on any atom is -0.358 e. The zero-order chi connectivity index (χ0) is 12.0. The van der Waals surface area contributed by atoms with Gasteiger partial charge in [-0.2, -0.15) is 0 Å². The molecule has 1 heterocycles. The molecule has 0 spiro atoms. The van der Waals surface area contributed by atoms with Crippen LogP contribution in [-0.2, 0) is 13.0 Å². The van der Waals surface area contributed by atoms with E-state index < -0.39 is 4.92 Å². The second-order valence-electron chi connectivity index (χ2n) is 3.75. The van der Waals surface area contributed by atoms with E-state index in [4.69, 9.17) is 0 Å². The zero-order valence-electron chi connectivity index (χ0n) is 9.85. The van der Waals surface area contributed by atoms with Crippen molar-refractivity contribution in [3.05, 3.63) is 15.8 Å². The third kappa shape index (κ3) is 3.01. The van der Waals surface area contributed by atoms with Gasteiger partial charge in [-0.05, 0) is 24.2 Å². The summed E-state index contributed by atoms with van der Waals surface area (Å²) in [5, 5.41) is 18.5. The topological polar surface area (TPSA) is 73.8 Å². The van der Waals surface area contributed by atoms with Crippen molar-refractivity contribution >= 4 is 5.82 Å². The van der Waals surface area contributed by atoms with Gasteiger partial charge in [0.25, 0.3) is 0 Å². The van der Waals surface area contributed by atoms with Gasteiger partial charge >= 0.3 is 5.82 Å². The van der Waals surface area contributed by atoms with Gasteiger partial charge in [0, 0.05) is 5.21 Å². The first-order chi connectivity index (χ1) is 7.70. The zero-order valence-corrected chi connectivity index (χ0v) is 9.85. The smallest absolute Gasteiger partial charge is 0.358 e. The van der Waals surface area contributed by atoms with Crippen LogP contribution in [0.3, 0.4) is 0 Å². The lowest BCUT2D eigenvalue weighted by Crippen LogP contribution is -2.06. The molecule has 1 rings (SSSR count). The van der Waals surface area contributed by atoms with Crippen molar-refractivity contribution in [2.45, 2.75) is 52.5 Å². The quantitative estimate of drug-likeness (QED) is 0.406. The number of nitro groups is 1.